The van der Waals surface area contributed by atoms with Gasteiger partial charge < -0.3 is 99.7 Å². The molecule has 11 amide bonds. The molecule has 19 N–H and O–H groups in total. The first-order chi connectivity index (χ1) is 44.4. The number of thioether (sulfide) groups is 2. The van der Waals surface area contributed by atoms with Crippen molar-refractivity contribution < 1.29 is 81.6 Å². The number of primary amides is 1. The van der Waals surface area contributed by atoms with Crippen LogP contribution in [0.2, 0.25) is 0 Å². The van der Waals surface area contributed by atoms with Gasteiger partial charge in [-0.05, 0) is 44.2 Å². The Balaban J connectivity index is 3.22. The molecule has 36 heteroatoms. The number of carbonyl (C=O) groups is 12. The Morgan fingerprint density at radius 1 is 0.532 bits per heavy atom. The van der Waals surface area contributed by atoms with Gasteiger partial charge in [-0.1, -0.05) is 71.9 Å². The molecule has 1 aromatic carbocycles. The number of rotatable bonds is 50. The molecular weight excluding hydrogens is 1310 g/mol. The van der Waals surface area contributed by atoms with Gasteiger partial charge in [0, 0.05) is 52.8 Å². The van der Waals surface area contributed by atoms with E-state index in [1.165, 1.54) is 23.5 Å². The van der Waals surface area contributed by atoms with Gasteiger partial charge in [-0.15, -0.1) is 11.6 Å². The minimum Gasteiger partial charge on any atom is -0.481 e. The number of hydrogen-bond donors (Lipinski definition) is 17. The van der Waals surface area contributed by atoms with Crippen LogP contribution >= 0.6 is 47.8 Å². The van der Waals surface area contributed by atoms with E-state index < -0.39 is 142 Å². The van der Waals surface area contributed by atoms with Crippen LogP contribution in [0.15, 0.2) is 30.3 Å². The highest BCUT2D eigenvalue weighted by Gasteiger charge is 2.35. The fourth-order valence-corrected chi connectivity index (χ4v) is 9.97. The number of carbonyl (C=O) groups excluding carboxylic acids is 11. The maximum atomic E-state index is 14.4. The molecule has 0 heterocycles. The molecule has 1 aromatic rings. The normalized spacial score (nSPS) is 13.5. The molecule has 0 aromatic heterocycles. The topological polar surface area (TPSA) is 496 Å². The lowest BCUT2D eigenvalue weighted by Crippen LogP contribution is -2.60. The average molecular weight is 1410 g/mol. The van der Waals surface area contributed by atoms with Crippen molar-refractivity contribution in [3.05, 3.63) is 35.9 Å². The molecular formula is C58H98ClN15O17S3. The first-order valence-corrected chi connectivity index (χ1v) is 33.5. The molecule has 0 saturated carbocycles. The molecule has 32 nitrogen and oxygen atoms in total. The number of carboxylic acid groups (broad SMARTS) is 1. The fourth-order valence-electron chi connectivity index (χ4n) is 7.83. The number of hydrogen-bond acceptors (Lipinski definition) is 21. The number of amides is 11. The second kappa shape index (κ2) is 48.0. The van der Waals surface area contributed by atoms with E-state index >= 15 is 0 Å². The van der Waals surface area contributed by atoms with Crippen LogP contribution in [0.25, 0.3) is 0 Å². The van der Waals surface area contributed by atoms with Crippen LogP contribution in [-0.2, 0) is 82.9 Å². The maximum Gasteiger partial charge on any atom is 0.305 e. The SMILES string of the molecule is CC(C)(C)SCC(NC(=O)[C@H](CCCCN)NC(=O)CCl)C(=O)N[C@@H](CCCNC(=N)N)C(=O)NCC(=O)N[C@@H](CC(=O)O)C(=O)NC(CSC(C)(C)C)C(=O)N[C@@H](Cc1ccccc1)C(=O)N[C@@H](CS)C(=O)NCCOCCOCCOCCNC(=O)COCC(N)=O. The highest BCUT2D eigenvalue weighted by molar-refractivity contribution is 8.00. The third-order valence-electron chi connectivity index (χ3n) is 12.5. The van der Waals surface area contributed by atoms with Gasteiger partial charge in [0.25, 0.3) is 0 Å². The number of unbranched alkanes of at least 4 members (excludes halogenated alkanes) is 1. The van der Waals surface area contributed by atoms with E-state index in [-0.39, 0.29) is 121 Å². The van der Waals surface area contributed by atoms with Gasteiger partial charge in [0.1, 0.15) is 61.4 Å². The lowest BCUT2D eigenvalue weighted by Gasteiger charge is -2.28. The molecule has 0 saturated heterocycles. The Bertz CT molecular complexity index is 2580. The van der Waals surface area contributed by atoms with Crippen LogP contribution in [0.4, 0.5) is 0 Å². The van der Waals surface area contributed by atoms with E-state index in [9.17, 15) is 62.6 Å². The van der Waals surface area contributed by atoms with Crippen molar-refractivity contribution in [2.45, 2.75) is 138 Å². The van der Waals surface area contributed by atoms with E-state index in [1.54, 1.807) is 30.3 Å². The number of aliphatic carboxylic acids is 1. The summed E-state index contributed by atoms with van der Waals surface area (Å²) in [4.78, 5) is 158. The van der Waals surface area contributed by atoms with Crippen LogP contribution in [0.1, 0.15) is 85.6 Å². The summed E-state index contributed by atoms with van der Waals surface area (Å²) < 4.78 is 20.3. The Labute approximate surface area is 567 Å². The monoisotopic (exact) mass is 1410 g/mol. The number of carboxylic acids is 1. The van der Waals surface area contributed by atoms with E-state index in [4.69, 9.17) is 53.2 Å². The molecule has 94 heavy (non-hydrogen) atoms. The van der Waals surface area contributed by atoms with Gasteiger partial charge in [-0.2, -0.15) is 36.2 Å². The van der Waals surface area contributed by atoms with Crippen molar-refractivity contribution in [3.8, 4) is 0 Å². The quantitative estimate of drug-likeness (QED) is 0.00995. The summed E-state index contributed by atoms with van der Waals surface area (Å²) in [5.74, 6) is -11.2. The predicted molar refractivity (Wildman–Crippen MR) is 358 cm³/mol. The summed E-state index contributed by atoms with van der Waals surface area (Å²) in [6.07, 6.45) is 0.148. The average Bonchev–Trinajstić information content (AvgIpc) is 0.973. The molecule has 0 bridgehead atoms. The number of halogens is 1. The van der Waals surface area contributed by atoms with Crippen molar-refractivity contribution >= 4 is 125 Å². The van der Waals surface area contributed by atoms with Gasteiger partial charge >= 0.3 is 5.97 Å². The Hall–Kier alpha value is -6.73. The van der Waals surface area contributed by atoms with Gasteiger partial charge in [0.2, 0.25) is 65.0 Å². The minimum atomic E-state index is -1.84. The fraction of sp³-hybridized carbons (Fsp3) is 0.672. The summed E-state index contributed by atoms with van der Waals surface area (Å²) in [7, 11) is 0. The summed E-state index contributed by atoms with van der Waals surface area (Å²) in [5, 5.41) is 45.7. The number of thiol groups is 1. The number of nitrogens with two attached hydrogens (primary N) is 3. The lowest BCUT2D eigenvalue weighted by atomic mass is 10.0. The number of guanidine groups is 1. The van der Waals surface area contributed by atoms with Crippen LogP contribution in [0, 0.1) is 5.41 Å². The molecule has 0 aliphatic heterocycles. The van der Waals surface area contributed by atoms with Crippen LogP contribution in [-0.4, -0.2) is 243 Å². The molecule has 0 aliphatic rings. The standard InChI is InChI=1S/C58H98ClN15O17S3/c1-57(2,3)93-34-42(73-51(83)38(15-10-11-17-60)68-45(76)29-59)54(86)70-37(16-12-18-66-56(62)63)49(81)67-30-46(77)69-40(28-48(79)80)53(85)74-43(35-94-58(4,5)6)55(87)71-39(27-36-13-8-7-9-14-36)52(84)72-41(33-92)50(82)65-20-22-89-24-26-90-25-23-88-21-19-64-47(78)32-91-31-44(61)75/h7-9,13-14,37-43,92H,10-12,15-35,60H2,1-6H3,(H2,61,75)(H,64,78)(H,65,82)(H,67,81)(H,68,76)(H,69,77)(H,70,86)(H,71,87)(H,72,84)(H,73,83)(H,74,85)(H,79,80)(H4,62,63,66)/t37-,38-,39-,40-,41-,42?,43?/m0/s1. The van der Waals surface area contributed by atoms with Gasteiger partial charge in [0.05, 0.1) is 52.6 Å². The maximum absolute atomic E-state index is 14.4. The number of nitrogens with one attached hydrogen (secondary N) is 12. The molecule has 0 fully saturated rings. The predicted octanol–water partition coefficient (Wildman–Crippen LogP) is -3.38. The smallest absolute Gasteiger partial charge is 0.305 e. The van der Waals surface area contributed by atoms with Crippen molar-refractivity contribution in [1.82, 2.24) is 58.5 Å². The Morgan fingerprint density at radius 3 is 1.52 bits per heavy atom. The third kappa shape index (κ3) is 41.9. The zero-order chi connectivity index (χ0) is 70.7. The molecule has 0 aliphatic carbocycles. The first-order valence-electron chi connectivity index (χ1n) is 30.4. The molecule has 1 rings (SSSR count). The van der Waals surface area contributed by atoms with E-state index in [0.29, 0.717) is 24.9 Å². The van der Waals surface area contributed by atoms with Gasteiger partial charge in [0.15, 0.2) is 5.96 Å². The van der Waals surface area contributed by atoms with E-state index in [1.807, 2.05) is 41.5 Å². The first kappa shape index (κ1) is 85.3. The second-order valence-electron chi connectivity index (χ2n) is 22.9. The van der Waals surface area contributed by atoms with E-state index in [2.05, 4.69) is 71.1 Å². The summed E-state index contributed by atoms with van der Waals surface area (Å²) in [6.45, 7) is 11.4. The zero-order valence-electron chi connectivity index (χ0n) is 54.3. The lowest BCUT2D eigenvalue weighted by molar-refractivity contribution is -0.141. The Morgan fingerprint density at radius 2 is 1.00 bits per heavy atom. The Kier molecular flexibility index (Phi) is 43.6. The molecule has 0 radical (unpaired) electrons. The van der Waals surface area contributed by atoms with Crippen molar-refractivity contribution in [1.29, 1.82) is 5.41 Å². The van der Waals surface area contributed by atoms with Crippen molar-refractivity contribution in [2.75, 3.05) is 109 Å². The van der Waals surface area contributed by atoms with E-state index in [0.717, 1.165) is 0 Å². The largest absolute Gasteiger partial charge is 0.481 e. The third-order valence-corrected chi connectivity index (χ3v) is 15.8. The summed E-state index contributed by atoms with van der Waals surface area (Å²) >= 11 is 12.6. The highest BCUT2D eigenvalue weighted by Crippen LogP contribution is 2.25. The second-order valence-corrected chi connectivity index (χ2v) is 27.2. The van der Waals surface area contributed by atoms with Gasteiger partial charge in [-0.25, -0.2) is 0 Å². The van der Waals surface area contributed by atoms with Crippen molar-refractivity contribution in [3.63, 3.8) is 0 Å². The summed E-state index contributed by atoms with van der Waals surface area (Å²) in [5.41, 5.74) is 16.7. The highest BCUT2D eigenvalue weighted by atomic mass is 35.5. The molecule has 7 atom stereocenters. The summed E-state index contributed by atoms with van der Waals surface area (Å²) in [6, 6.07) is -0.995. The van der Waals surface area contributed by atoms with Crippen LogP contribution in [0.5, 0.6) is 0 Å². The van der Waals surface area contributed by atoms with Crippen LogP contribution in [0.3, 0.4) is 0 Å². The molecule has 532 valence electrons. The zero-order valence-corrected chi connectivity index (χ0v) is 57.5. The van der Waals surface area contributed by atoms with Crippen molar-refractivity contribution in [2.24, 2.45) is 17.2 Å². The molecule has 2 unspecified atom stereocenters. The van der Waals surface area contributed by atoms with Crippen LogP contribution < -0.4 is 75.7 Å². The van der Waals surface area contributed by atoms with Gasteiger partial charge in [-0.3, -0.25) is 62.9 Å². The number of alkyl halides is 1. The number of ether oxygens (including phenoxy) is 4. The molecule has 0 spiro atoms. The number of benzene rings is 1. The minimum absolute atomic E-state index is 0.0157.